The Balaban J connectivity index is 3.82. The van der Waals surface area contributed by atoms with Gasteiger partial charge in [0.1, 0.15) is 8.05 Å². The van der Waals surface area contributed by atoms with Crippen LogP contribution in [0.15, 0.2) is 0 Å². The summed E-state index contributed by atoms with van der Waals surface area (Å²) in [5, 5.41) is 0. The molecule has 6 heteroatoms. The molecule has 8 heavy (non-hydrogen) atoms. The molecule has 0 radical (unpaired) electrons. The highest BCUT2D eigenvalue weighted by Crippen LogP contribution is 2.15. The van der Waals surface area contributed by atoms with Gasteiger partial charge in [-0.1, -0.05) is 0 Å². The highest BCUT2D eigenvalue weighted by atomic mass is 19.4. The van der Waals surface area contributed by atoms with Crippen molar-refractivity contribution in [3.05, 3.63) is 0 Å². The summed E-state index contributed by atoms with van der Waals surface area (Å²) in [6.45, 7) is 0. The summed E-state index contributed by atoms with van der Waals surface area (Å²) in [6.07, 6.45) is -4.79. The molecule has 0 unspecified atom stereocenters. The van der Waals surface area contributed by atoms with Gasteiger partial charge in [-0.3, -0.25) is 0 Å². The Hall–Kier alpha value is -0.675. The van der Waals surface area contributed by atoms with E-state index < -0.39 is 20.2 Å². The van der Waals surface area contributed by atoms with Crippen LogP contribution in [0.3, 0.4) is 0 Å². The van der Waals surface area contributed by atoms with E-state index in [4.69, 9.17) is 0 Å². The molecular formula is C2H3BF3O2-. The van der Waals surface area contributed by atoms with E-state index in [2.05, 4.69) is 4.65 Å². The minimum Gasteiger partial charge on any atom is -0.690 e. The third-order valence-corrected chi connectivity index (χ3v) is 0.231. The maximum Gasteiger partial charge on any atom is 0.486 e. The molecule has 0 aromatic rings. The standard InChI is InChI=1S/C2H3BF3O2/c3-8-1(7)2(4,5)6/h3H3/q-1. The Labute approximate surface area is 44.1 Å². The maximum atomic E-state index is 11.0. The molecule has 48 valence electrons. The number of alkyl halides is 3. The summed E-state index contributed by atoms with van der Waals surface area (Å²) in [5.41, 5.74) is 0. The van der Waals surface area contributed by atoms with Crippen LogP contribution in [0, 0.1) is 0 Å². The summed E-state index contributed by atoms with van der Waals surface area (Å²) < 4.78 is 36.6. The van der Waals surface area contributed by atoms with Gasteiger partial charge in [0.25, 0.3) is 0 Å². The second-order valence-electron chi connectivity index (χ2n) is 0.785. The lowest BCUT2D eigenvalue weighted by atomic mass is 10.5. The average molecular weight is 127 g/mol. The first-order valence-corrected chi connectivity index (χ1v) is 1.23. The van der Waals surface area contributed by atoms with Crippen LogP contribution in [-0.4, -0.2) is 20.2 Å². The smallest absolute Gasteiger partial charge is 0.486 e. The topological polar surface area (TPSA) is 26.3 Å². The fraction of sp³-hybridized carbons (Fsp3) is 0.500. The van der Waals surface area contributed by atoms with Gasteiger partial charge in [0.15, 0.2) is 0 Å². The van der Waals surface area contributed by atoms with Gasteiger partial charge in [-0.2, -0.15) is 13.2 Å². The molecule has 0 N–H and O–H groups in total. The number of halogens is 3. The molecule has 0 rings (SSSR count). The van der Waals surface area contributed by atoms with Crippen molar-refractivity contribution < 1.29 is 22.6 Å². The van der Waals surface area contributed by atoms with Gasteiger partial charge in [0, 0.05) is 0 Å². The van der Waals surface area contributed by atoms with Gasteiger partial charge in [-0.15, -0.1) is 0 Å². The molecule has 0 saturated heterocycles. The van der Waals surface area contributed by atoms with Crippen LogP contribution in [0.2, 0.25) is 0 Å². The van der Waals surface area contributed by atoms with E-state index in [9.17, 15) is 18.0 Å². The lowest BCUT2D eigenvalue weighted by molar-refractivity contribution is -0.189. The molecule has 0 fully saturated rings. The third kappa shape index (κ3) is 1.86. The summed E-state index contributed by atoms with van der Waals surface area (Å²) in [4.78, 5) is 9.55. The summed E-state index contributed by atoms with van der Waals surface area (Å²) in [6, 6.07) is 0. The molecule has 0 heterocycles. The van der Waals surface area contributed by atoms with Crippen LogP contribution in [0.1, 0.15) is 0 Å². The van der Waals surface area contributed by atoms with Gasteiger partial charge in [-0.25, -0.2) is 4.79 Å². The number of carbonyl (C=O) groups is 1. The van der Waals surface area contributed by atoms with Crippen LogP contribution in [0.5, 0.6) is 0 Å². The van der Waals surface area contributed by atoms with Crippen molar-refractivity contribution in [3.8, 4) is 0 Å². The van der Waals surface area contributed by atoms with Crippen LogP contribution in [0.4, 0.5) is 13.2 Å². The lowest BCUT2D eigenvalue weighted by Crippen LogP contribution is -2.24. The Morgan fingerprint density at radius 1 is 1.50 bits per heavy atom. The molecule has 0 aromatic carbocycles. The molecular weight excluding hydrogens is 124 g/mol. The second kappa shape index (κ2) is 2.06. The van der Waals surface area contributed by atoms with Gasteiger partial charge in [0.2, 0.25) is 0 Å². The average Bonchev–Trinajstić information content (AvgIpc) is 1.62. The van der Waals surface area contributed by atoms with E-state index in [0.29, 0.717) is 0 Å². The highest BCUT2D eigenvalue weighted by molar-refractivity contribution is 6.06. The summed E-state index contributed by atoms with van der Waals surface area (Å²) >= 11 is 0. The van der Waals surface area contributed by atoms with Crippen LogP contribution >= 0.6 is 0 Å². The minimum absolute atomic E-state index is 0.930. The van der Waals surface area contributed by atoms with Gasteiger partial charge < -0.3 is 4.65 Å². The Kier molecular flexibility index (Phi) is 1.89. The first-order valence-electron chi connectivity index (χ1n) is 1.23. The van der Waals surface area contributed by atoms with E-state index in [-0.39, 0.29) is 0 Å². The number of carbonyl (C=O) groups excluding carboxylic acids is 1. The first kappa shape index (κ1) is 7.32. The van der Waals surface area contributed by atoms with Crippen molar-refractivity contribution in [3.63, 3.8) is 0 Å². The van der Waals surface area contributed by atoms with E-state index in [1.807, 2.05) is 0 Å². The fourth-order valence-corrected chi connectivity index (χ4v) is 0. The largest absolute Gasteiger partial charge is 0.690 e. The lowest BCUT2D eigenvalue weighted by Gasteiger charge is -2.05. The van der Waals surface area contributed by atoms with E-state index in [1.165, 1.54) is 0 Å². The third-order valence-electron chi connectivity index (χ3n) is 0.231. The molecule has 0 aliphatic rings. The fourth-order valence-electron chi connectivity index (χ4n) is 0. The molecule has 0 saturated carbocycles. The van der Waals surface area contributed by atoms with E-state index in [0.717, 1.165) is 0 Å². The van der Waals surface area contributed by atoms with Gasteiger partial charge in [0.05, 0.1) is 0 Å². The van der Waals surface area contributed by atoms with Crippen molar-refractivity contribution in [2.45, 2.75) is 6.18 Å². The van der Waals surface area contributed by atoms with Gasteiger partial charge >= 0.3 is 12.1 Å². The minimum atomic E-state index is -4.79. The molecule has 0 atom stereocenters. The number of rotatable bonds is 0. The zero-order valence-corrected chi connectivity index (χ0v) is 2.95. The monoisotopic (exact) mass is 127 g/mol. The molecule has 2 nitrogen and oxygen atoms in total. The summed E-state index contributed by atoms with van der Waals surface area (Å²) in [7, 11) is -0.930. The Morgan fingerprint density at radius 2 is 1.88 bits per heavy atom. The zero-order chi connectivity index (χ0) is 6.78. The maximum absolute atomic E-state index is 11.0. The quantitative estimate of drug-likeness (QED) is 0.405. The molecule has 0 aliphatic carbocycles. The molecule has 0 spiro atoms. The number of hydrogen-bond acceptors (Lipinski definition) is 2. The second-order valence-corrected chi connectivity index (χ2v) is 0.785. The zero-order valence-electron chi connectivity index (χ0n) is 2.95. The Bertz CT molecular complexity index is 97.9. The number of hydrogen-bond donors (Lipinski definition) is 0. The molecule has 0 aromatic heterocycles. The van der Waals surface area contributed by atoms with E-state index >= 15 is 0 Å². The Morgan fingerprint density at radius 3 is 1.88 bits per heavy atom. The van der Waals surface area contributed by atoms with Crippen LogP contribution in [-0.2, 0) is 9.45 Å². The molecule has 0 aliphatic heterocycles. The van der Waals surface area contributed by atoms with Crippen molar-refractivity contribution in [2.75, 3.05) is 0 Å². The predicted octanol–water partition coefficient (Wildman–Crippen LogP) is -0.628. The van der Waals surface area contributed by atoms with Crippen molar-refractivity contribution in [2.24, 2.45) is 0 Å². The van der Waals surface area contributed by atoms with Crippen molar-refractivity contribution in [1.82, 2.24) is 0 Å². The van der Waals surface area contributed by atoms with Crippen molar-refractivity contribution >= 4 is 14.0 Å². The highest BCUT2D eigenvalue weighted by Gasteiger charge is 2.37. The summed E-state index contributed by atoms with van der Waals surface area (Å²) in [5.74, 6) is -2.06. The molecule has 0 amide bonds. The van der Waals surface area contributed by atoms with E-state index in [1.54, 1.807) is 0 Å². The normalized spacial score (nSPS) is 11.0. The predicted molar refractivity (Wildman–Crippen MR) is 22.1 cm³/mol. The first-order chi connectivity index (χ1) is 3.48. The molecule has 0 bridgehead atoms. The van der Waals surface area contributed by atoms with Crippen molar-refractivity contribution in [1.29, 1.82) is 0 Å². The van der Waals surface area contributed by atoms with Crippen LogP contribution in [0.25, 0.3) is 0 Å². The van der Waals surface area contributed by atoms with Crippen LogP contribution < -0.4 is 0 Å². The SMILES string of the molecule is [BH3-]OC(=O)C(F)(F)F. The van der Waals surface area contributed by atoms with Gasteiger partial charge in [-0.05, 0) is 0 Å².